The van der Waals surface area contributed by atoms with E-state index in [-0.39, 0.29) is 5.91 Å². The molecule has 0 saturated heterocycles. The lowest BCUT2D eigenvalue weighted by atomic mass is 10.2. The van der Waals surface area contributed by atoms with Gasteiger partial charge in [0.05, 0.1) is 17.4 Å². The molecule has 0 saturated carbocycles. The van der Waals surface area contributed by atoms with E-state index in [2.05, 4.69) is 26.2 Å². The van der Waals surface area contributed by atoms with Gasteiger partial charge in [-0.3, -0.25) is 4.79 Å². The topological polar surface area (TPSA) is 45.2 Å². The molecule has 0 aliphatic heterocycles. The molecule has 0 spiro atoms. The second-order valence-corrected chi connectivity index (χ2v) is 5.13. The lowest BCUT2D eigenvalue weighted by Crippen LogP contribution is -2.26. The van der Waals surface area contributed by atoms with Crippen molar-refractivity contribution in [1.29, 1.82) is 0 Å². The zero-order chi connectivity index (χ0) is 14.5. The summed E-state index contributed by atoms with van der Waals surface area (Å²) in [5.74, 6) is 0.730. The van der Waals surface area contributed by atoms with Crippen LogP contribution < -0.4 is 10.2 Å². The molecule has 20 heavy (non-hydrogen) atoms. The van der Waals surface area contributed by atoms with Gasteiger partial charge in [0.25, 0.3) is 5.91 Å². The maximum atomic E-state index is 12.4. The monoisotopic (exact) mass is 333 g/mol. The first-order valence-corrected chi connectivity index (χ1v) is 7.15. The van der Waals surface area contributed by atoms with E-state index in [1.54, 1.807) is 24.2 Å². The van der Waals surface area contributed by atoms with E-state index in [0.29, 0.717) is 5.56 Å². The number of anilines is 2. The maximum absolute atomic E-state index is 12.4. The molecule has 1 aromatic carbocycles. The highest BCUT2D eigenvalue weighted by molar-refractivity contribution is 9.10. The Kier molecular flexibility index (Phi) is 4.74. The average molecular weight is 334 g/mol. The Morgan fingerprint density at radius 2 is 2.05 bits per heavy atom. The molecule has 0 atom stereocenters. The fourth-order valence-electron chi connectivity index (χ4n) is 1.80. The molecule has 1 amide bonds. The highest BCUT2D eigenvalue weighted by Gasteiger charge is 2.16. The second-order valence-electron chi connectivity index (χ2n) is 4.28. The SMILES string of the molecule is CCNc1ccc(N(C)C(=O)c2ccccc2Br)cn1. The van der Waals surface area contributed by atoms with Crippen molar-refractivity contribution >= 4 is 33.3 Å². The Morgan fingerprint density at radius 1 is 1.30 bits per heavy atom. The van der Waals surface area contributed by atoms with Gasteiger partial charge in [-0.05, 0) is 47.1 Å². The highest BCUT2D eigenvalue weighted by atomic mass is 79.9. The van der Waals surface area contributed by atoms with Gasteiger partial charge < -0.3 is 10.2 Å². The summed E-state index contributed by atoms with van der Waals surface area (Å²) in [5, 5.41) is 3.12. The third-order valence-electron chi connectivity index (χ3n) is 2.90. The summed E-state index contributed by atoms with van der Waals surface area (Å²) in [6.45, 7) is 2.83. The maximum Gasteiger partial charge on any atom is 0.259 e. The Bertz CT molecular complexity index is 598. The van der Waals surface area contributed by atoms with Crippen LogP contribution in [0, 0.1) is 0 Å². The van der Waals surface area contributed by atoms with Crippen LogP contribution in [0.3, 0.4) is 0 Å². The molecule has 5 heteroatoms. The third kappa shape index (κ3) is 3.17. The smallest absolute Gasteiger partial charge is 0.259 e. The molecule has 4 nitrogen and oxygen atoms in total. The van der Waals surface area contributed by atoms with Crippen molar-refractivity contribution < 1.29 is 4.79 Å². The molecule has 1 heterocycles. The Hall–Kier alpha value is -1.88. The number of hydrogen-bond donors (Lipinski definition) is 1. The number of rotatable bonds is 4. The van der Waals surface area contributed by atoms with E-state index in [0.717, 1.165) is 22.5 Å². The largest absolute Gasteiger partial charge is 0.370 e. The Labute approximate surface area is 127 Å². The van der Waals surface area contributed by atoms with Gasteiger partial charge in [-0.15, -0.1) is 0 Å². The van der Waals surface area contributed by atoms with Crippen molar-refractivity contribution in [2.45, 2.75) is 6.92 Å². The average Bonchev–Trinajstić information content (AvgIpc) is 2.47. The van der Waals surface area contributed by atoms with Crippen LogP contribution in [0.4, 0.5) is 11.5 Å². The number of amides is 1. The van der Waals surface area contributed by atoms with E-state index in [9.17, 15) is 4.79 Å². The fourth-order valence-corrected chi connectivity index (χ4v) is 2.26. The van der Waals surface area contributed by atoms with Gasteiger partial charge in [0.1, 0.15) is 5.82 Å². The second kappa shape index (κ2) is 6.52. The minimum absolute atomic E-state index is 0.0736. The van der Waals surface area contributed by atoms with Crippen LogP contribution in [0.5, 0.6) is 0 Å². The Balaban J connectivity index is 2.20. The first-order valence-electron chi connectivity index (χ1n) is 6.36. The first-order chi connectivity index (χ1) is 9.63. The van der Waals surface area contributed by atoms with Gasteiger partial charge in [-0.25, -0.2) is 4.98 Å². The van der Waals surface area contributed by atoms with Crippen LogP contribution in [0.2, 0.25) is 0 Å². The number of halogens is 1. The van der Waals surface area contributed by atoms with Crippen molar-refractivity contribution in [3.63, 3.8) is 0 Å². The number of aromatic nitrogens is 1. The molecule has 0 fully saturated rings. The molecule has 104 valence electrons. The number of nitrogens with one attached hydrogen (secondary N) is 1. The quantitative estimate of drug-likeness (QED) is 0.930. The number of hydrogen-bond acceptors (Lipinski definition) is 3. The van der Waals surface area contributed by atoms with E-state index in [4.69, 9.17) is 0 Å². The fraction of sp³-hybridized carbons (Fsp3) is 0.200. The van der Waals surface area contributed by atoms with Crippen LogP contribution in [0.25, 0.3) is 0 Å². The molecule has 2 aromatic rings. The predicted molar refractivity (Wildman–Crippen MR) is 85.3 cm³/mol. The normalized spacial score (nSPS) is 10.2. The van der Waals surface area contributed by atoms with Crippen LogP contribution in [0.15, 0.2) is 47.1 Å². The van der Waals surface area contributed by atoms with E-state index >= 15 is 0 Å². The van der Waals surface area contributed by atoms with Gasteiger partial charge >= 0.3 is 0 Å². The lowest BCUT2D eigenvalue weighted by Gasteiger charge is -2.18. The number of nitrogens with zero attached hydrogens (tertiary/aromatic N) is 2. The summed E-state index contributed by atoms with van der Waals surface area (Å²) >= 11 is 3.40. The molecule has 0 bridgehead atoms. The summed E-state index contributed by atoms with van der Waals surface area (Å²) in [6.07, 6.45) is 1.69. The summed E-state index contributed by atoms with van der Waals surface area (Å²) in [6, 6.07) is 11.1. The molecular weight excluding hydrogens is 318 g/mol. The minimum atomic E-state index is -0.0736. The molecule has 0 aliphatic rings. The van der Waals surface area contributed by atoms with Crippen molar-refractivity contribution in [3.8, 4) is 0 Å². The van der Waals surface area contributed by atoms with Crippen molar-refractivity contribution in [2.24, 2.45) is 0 Å². The van der Waals surface area contributed by atoms with Crippen LogP contribution in [0.1, 0.15) is 17.3 Å². The minimum Gasteiger partial charge on any atom is -0.370 e. The highest BCUT2D eigenvalue weighted by Crippen LogP contribution is 2.21. The number of pyridine rings is 1. The Morgan fingerprint density at radius 3 is 2.65 bits per heavy atom. The van der Waals surface area contributed by atoms with E-state index < -0.39 is 0 Å². The standard InChI is InChI=1S/C15H16BrN3O/c1-3-17-14-9-8-11(10-18-14)19(2)15(20)12-6-4-5-7-13(12)16/h4-10H,3H2,1-2H3,(H,17,18). The van der Waals surface area contributed by atoms with Crippen molar-refractivity contribution in [3.05, 3.63) is 52.6 Å². The zero-order valence-electron chi connectivity index (χ0n) is 11.4. The molecule has 0 radical (unpaired) electrons. The molecule has 2 rings (SSSR count). The summed E-state index contributed by atoms with van der Waals surface area (Å²) in [5.41, 5.74) is 1.39. The van der Waals surface area contributed by atoms with Gasteiger partial charge in [0.15, 0.2) is 0 Å². The predicted octanol–water partition coefficient (Wildman–Crippen LogP) is 3.55. The number of carbonyl (C=O) groups excluding carboxylic acids is 1. The summed E-state index contributed by atoms with van der Waals surface area (Å²) in [4.78, 5) is 18.3. The lowest BCUT2D eigenvalue weighted by molar-refractivity contribution is 0.0992. The first kappa shape index (κ1) is 14.5. The van der Waals surface area contributed by atoms with Crippen molar-refractivity contribution in [1.82, 2.24) is 4.98 Å². The van der Waals surface area contributed by atoms with Gasteiger partial charge in [0.2, 0.25) is 0 Å². The number of benzene rings is 1. The van der Waals surface area contributed by atoms with E-state index in [1.165, 1.54) is 0 Å². The van der Waals surface area contributed by atoms with E-state index in [1.807, 2.05) is 37.3 Å². The molecule has 1 aromatic heterocycles. The molecule has 0 unspecified atom stereocenters. The molecule has 1 N–H and O–H groups in total. The summed E-state index contributed by atoms with van der Waals surface area (Å²) in [7, 11) is 1.74. The van der Waals surface area contributed by atoms with Gasteiger partial charge in [-0.2, -0.15) is 0 Å². The third-order valence-corrected chi connectivity index (χ3v) is 3.59. The molecular formula is C15H16BrN3O. The number of carbonyl (C=O) groups is 1. The molecule has 0 aliphatic carbocycles. The summed E-state index contributed by atoms with van der Waals surface area (Å²) < 4.78 is 0.786. The van der Waals surface area contributed by atoms with Crippen molar-refractivity contribution in [2.75, 3.05) is 23.8 Å². The van der Waals surface area contributed by atoms with Gasteiger partial charge in [0, 0.05) is 18.1 Å². The zero-order valence-corrected chi connectivity index (χ0v) is 13.0. The van der Waals surface area contributed by atoms with Crippen LogP contribution in [-0.4, -0.2) is 24.5 Å². The van der Waals surface area contributed by atoms with Crippen LogP contribution in [-0.2, 0) is 0 Å². The van der Waals surface area contributed by atoms with Crippen LogP contribution >= 0.6 is 15.9 Å². The van der Waals surface area contributed by atoms with Gasteiger partial charge in [-0.1, -0.05) is 12.1 Å².